The highest BCUT2D eigenvalue weighted by molar-refractivity contribution is 5.89. The Bertz CT molecular complexity index is 1090. The van der Waals surface area contributed by atoms with Crippen molar-refractivity contribution in [3.8, 4) is 0 Å². The maximum atomic E-state index is 11.5. The maximum absolute atomic E-state index is 11.5. The number of benzene rings is 2. The van der Waals surface area contributed by atoms with E-state index in [0.717, 1.165) is 54.6 Å². The maximum Gasteiger partial charge on any atom is 0.336 e. The van der Waals surface area contributed by atoms with Gasteiger partial charge in [0.25, 0.3) is 0 Å². The molecular weight excluding hydrogens is 400 g/mol. The molecule has 32 heavy (non-hydrogen) atoms. The summed E-state index contributed by atoms with van der Waals surface area (Å²) in [7, 11) is 2.06. The lowest BCUT2D eigenvalue weighted by Crippen LogP contribution is -2.14. The molecule has 1 aliphatic carbocycles. The third kappa shape index (κ3) is 4.68. The van der Waals surface area contributed by atoms with E-state index < -0.39 is 12.1 Å². The number of anilines is 2. The summed E-state index contributed by atoms with van der Waals surface area (Å²) in [5.74, 6) is -0.453. The molecule has 0 saturated carbocycles. The van der Waals surface area contributed by atoms with Gasteiger partial charge in [0.1, 0.15) is 0 Å². The van der Waals surface area contributed by atoms with Crippen molar-refractivity contribution < 1.29 is 15.0 Å². The van der Waals surface area contributed by atoms with Crippen molar-refractivity contribution in [1.29, 1.82) is 0 Å². The molecule has 0 spiro atoms. The highest BCUT2D eigenvalue weighted by Crippen LogP contribution is 2.38. The smallest absolute Gasteiger partial charge is 0.336 e. The molecule has 5 nitrogen and oxygen atoms in total. The van der Waals surface area contributed by atoms with Crippen LogP contribution in [0.15, 0.2) is 60.9 Å². The number of aromatic nitrogens is 1. The standard InChI is InChI=1S/C27H30N2O3/c1-18(30)19-8-10-23(11-9-19)29(2)24-12-13-25-20(4-3-5-21(25)16-24)6-7-22-17-28-15-14-26(22)27(31)32/h8-18,20,30H,3-7H2,1-2H3,(H,31,32)/t18-,20+/m1/s1. The zero-order chi connectivity index (χ0) is 22.7. The molecule has 0 fully saturated rings. The molecule has 0 amide bonds. The largest absolute Gasteiger partial charge is 0.478 e. The quantitative estimate of drug-likeness (QED) is 0.506. The van der Waals surface area contributed by atoms with Crippen molar-refractivity contribution in [2.24, 2.45) is 0 Å². The average molecular weight is 431 g/mol. The van der Waals surface area contributed by atoms with E-state index in [1.807, 2.05) is 24.3 Å². The van der Waals surface area contributed by atoms with Gasteiger partial charge in [-0.05, 0) is 97.5 Å². The number of fused-ring (bicyclic) bond motifs is 1. The Hall–Kier alpha value is -3.18. The second-order valence-corrected chi connectivity index (χ2v) is 8.68. The Morgan fingerprint density at radius 2 is 1.91 bits per heavy atom. The van der Waals surface area contributed by atoms with E-state index in [-0.39, 0.29) is 0 Å². The van der Waals surface area contributed by atoms with Crippen LogP contribution in [0.5, 0.6) is 0 Å². The fourth-order valence-corrected chi connectivity index (χ4v) is 4.70. The first-order chi connectivity index (χ1) is 15.4. The zero-order valence-electron chi connectivity index (χ0n) is 18.7. The second kappa shape index (κ2) is 9.53. The molecule has 3 aromatic rings. The minimum atomic E-state index is -0.888. The van der Waals surface area contributed by atoms with Crippen molar-refractivity contribution >= 4 is 17.3 Å². The summed E-state index contributed by atoms with van der Waals surface area (Å²) in [6, 6.07) is 16.3. The number of pyridine rings is 1. The Balaban J connectivity index is 1.51. The number of nitrogens with zero attached hydrogens (tertiary/aromatic N) is 2. The average Bonchev–Trinajstić information content (AvgIpc) is 2.82. The number of carbonyl (C=O) groups is 1. The lowest BCUT2D eigenvalue weighted by Gasteiger charge is -2.28. The predicted octanol–water partition coefficient (Wildman–Crippen LogP) is 5.65. The third-order valence-electron chi connectivity index (χ3n) is 6.61. The third-order valence-corrected chi connectivity index (χ3v) is 6.61. The van der Waals surface area contributed by atoms with Crippen LogP contribution in [0.25, 0.3) is 0 Å². The van der Waals surface area contributed by atoms with E-state index in [2.05, 4.69) is 35.1 Å². The predicted molar refractivity (Wildman–Crippen MR) is 127 cm³/mol. The summed E-state index contributed by atoms with van der Waals surface area (Å²) in [6.45, 7) is 1.77. The fourth-order valence-electron chi connectivity index (χ4n) is 4.70. The molecule has 2 N–H and O–H groups in total. The molecule has 1 aromatic heterocycles. The van der Waals surface area contributed by atoms with Crippen LogP contribution in [0, 0.1) is 0 Å². The second-order valence-electron chi connectivity index (χ2n) is 8.68. The highest BCUT2D eigenvalue weighted by atomic mass is 16.4. The number of hydrogen-bond donors (Lipinski definition) is 2. The molecule has 4 rings (SSSR count). The van der Waals surface area contributed by atoms with E-state index in [4.69, 9.17) is 0 Å². The summed E-state index contributed by atoms with van der Waals surface area (Å²) in [5, 5.41) is 19.2. The van der Waals surface area contributed by atoms with Crippen LogP contribution in [-0.4, -0.2) is 28.2 Å². The first-order valence-electron chi connectivity index (χ1n) is 11.2. The molecular formula is C27H30N2O3. The van der Waals surface area contributed by atoms with Gasteiger partial charge >= 0.3 is 5.97 Å². The molecule has 5 heteroatoms. The number of aromatic carboxylic acids is 1. The number of aliphatic hydroxyl groups excluding tert-OH is 1. The van der Waals surface area contributed by atoms with Crippen LogP contribution in [0.1, 0.15) is 70.8 Å². The molecule has 1 heterocycles. The number of rotatable bonds is 7. The van der Waals surface area contributed by atoms with Gasteiger partial charge in [-0.2, -0.15) is 0 Å². The Morgan fingerprint density at radius 1 is 1.16 bits per heavy atom. The number of hydrogen-bond acceptors (Lipinski definition) is 4. The van der Waals surface area contributed by atoms with Crippen molar-refractivity contribution in [2.75, 3.05) is 11.9 Å². The van der Waals surface area contributed by atoms with E-state index in [1.165, 1.54) is 11.1 Å². The van der Waals surface area contributed by atoms with Gasteiger partial charge < -0.3 is 15.1 Å². The molecule has 0 bridgehead atoms. The molecule has 2 atom stereocenters. The highest BCUT2D eigenvalue weighted by Gasteiger charge is 2.22. The summed E-state index contributed by atoms with van der Waals surface area (Å²) in [4.78, 5) is 17.8. The topological polar surface area (TPSA) is 73.7 Å². The Labute approximate surface area is 189 Å². The van der Waals surface area contributed by atoms with Crippen LogP contribution in [0.3, 0.4) is 0 Å². The van der Waals surface area contributed by atoms with Gasteiger partial charge in [-0.25, -0.2) is 4.79 Å². The summed E-state index contributed by atoms with van der Waals surface area (Å²) in [5.41, 5.74) is 7.08. The number of aryl methyl sites for hydroxylation is 2. The molecule has 0 radical (unpaired) electrons. The summed E-state index contributed by atoms with van der Waals surface area (Å²) < 4.78 is 0. The van der Waals surface area contributed by atoms with Crippen molar-refractivity contribution in [2.45, 2.75) is 51.0 Å². The van der Waals surface area contributed by atoms with E-state index in [9.17, 15) is 15.0 Å². The first-order valence-corrected chi connectivity index (χ1v) is 11.2. The van der Waals surface area contributed by atoms with Gasteiger partial charge in [0.2, 0.25) is 0 Å². The molecule has 0 saturated heterocycles. The molecule has 1 aliphatic rings. The van der Waals surface area contributed by atoms with E-state index >= 15 is 0 Å². The van der Waals surface area contributed by atoms with Crippen molar-refractivity contribution in [3.05, 3.63) is 88.7 Å². The minimum absolute atomic E-state index is 0.356. The minimum Gasteiger partial charge on any atom is -0.478 e. The lowest BCUT2D eigenvalue weighted by molar-refractivity contribution is 0.0695. The normalized spacial score (nSPS) is 16.3. The number of carboxylic acid groups (broad SMARTS) is 1. The number of carboxylic acids is 1. The summed E-state index contributed by atoms with van der Waals surface area (Å²) in [6.07, 6.45) is 7.76. The van der Waals surface area contributed by atoms with Gasteiger partial charge in [-0.15, -0.1) is 0 Å². The van der Waals surface area contributed by atoms with Crippen molar-refractivity contribution in [1.82, 2.24) is 4.98 Å². The molecule has 2 aromatic carbocycles. The zero-order valence-corrected chi connectivity index (χ0v) is 18.7. The fraction of sp³-hybridized carbons (Fsp3) is 0.333. The van der Waals surface area contributed by atoms with Crippen molar-refractivity contribution in [3.63, 3.8) is 0 Å². The Morgan fingerprint density at radius 3 is 2.62 bits per heavy atom. The van der Waals surface area contributed by atoms with Gasteiger partial charge in [0.15, 0.2) is 0 Å². The molecule has 0 unspecified atom stereocenters. The van der Waals surface area contributed by atoms with Crippen LogP contribution in [-0.2, 0) is 12.8 Å². The van der Waals surface area contributed by atoms with Gasteiger partial charge in [0, 0.05) is 30.8 Å². The molecule has 166 valence electrons. The van der Waals surface area contributed by atoms with E-state index in [0.29, 0.717) is 11.5 Å². The SMILES string of the molecule is C[C@@H](O)c1ccc(N(C)c2ccc3c(c2)CCC[C@H]3CCc2cnccc2C(=O)O)cc1. The first kappa shape index (κ1) is 22.0. The summed E-state index contributed by atoms with van der Waals surface area (Å²) >= 11 is 0. The monoisotopic (exact) mass is 430 g/mol. The van der Waals surface area contributed by atoms with Crippen LogP contribution in [0.2, 0.25) is 0 Å². The number of aliphatic hydroxyl groups is 1. The lowest BCUT2D eigenvalue weighted by atomic mass is 9.79. The van der Waals surface area contributed by atoms with Gasteiger partial charge in [-0.3, -0.25) is 4.98 Å². The Kier molecular flexibility index (Phi) is 6.56. The van der Waals surface area contributed by atoms with Crippen LogP contribution in [0.4, 0.5) is 11.4 Å². The van der Waals surface area contributed by atoms with E-state index in [1.54, 1.807) is 25.4 Å². The van der Waals surface area contributed by atoms with Gasteiger partial charge in [0.05, 0.1) is 11.7 Å². The van der Waals surface area contributed by atoms with Crippen LogP contribution >= 0.6 is 0 Å². The van der Waals surface area contributed by atoms with Gasteiger partial charge in [-0.1, -0.05) is 18.2 Å². The van der Waals surface area contributed by atoms with Crippen LogP contribution < -0.4 is 4.90 Å². The molecule has 0 aliphatic heterocycles.